The van der Waals surface area contributed by atoms with E-state index in [0.29, 0.717) is 34.8 Å². The number of benzene rings is 2. The fraction of sp³-hybridized carbons (Fsp3) is 0.158. The largest absolute Gasteiger partial charge is 0.497 e. The minimum atomic E-state index is -0.472. The number of methoxy groups -OCH3 is 1. The van der Waals surface area contributed by atoms with Crippen LogP contribution >= 0.6 is 0 Å². The lowest BCUT2D eigenvalue weighted by Crippen LogP contribution is -2.21. The fourth-order valence-electron chi connectivity index (χ4n) is 2.50. The van der Waals surface area contributed by atoms with Crippen molar-refractivity contribution in [2.45, 2.75) is 6.92 Å². The zero-order valence-corrected chi connectivity index (χ0v) is 14.4. The monoisotopic (exact) mass is 354 g/mol. The van der Waals surface area contributed by atoms with Crippen molar-refractivity contribution < 1.29 is 23.9 Å². The molecule has 0 fully saturated rings. The van der Waals surface area contributed by atoms with Crippen molar-refractivity contribution >= 4 is 22.6 Å². The first kappa shape index (κ1) is 17.3. The quantitative estimate of drug-likeness (QED) is 0.541. The number of anilines is 1. The van der Waals surface area contributed by atoms with Crippen LogP contribution in [-0.2, 0) is 0 Å². The van der Waals surface area contributed by atoms with Gasteiger partial charge in [-0.05, 0) is 48.5 Å². The van der Waals surface area contributed by atoms with E-state index in [1.54, 1.807) is 55.6 Å². The number of carbonyl (C=O) groups is 1. The van der Waals surface area contributed by atoms with Gasteiger partial charge >= 0.3 is 0 Å². The van der Waals surface area contributed by atoms with E-state index >= 15 is 0 Å². The molecule has 1 aromatic heterocycles. The summed E-state index contributed by atoms with van der Waals surface area (Å²) in [6, 6.07) is 13.7. The van der Waals surface area contributed by atoms with Gasteiger partial charge in [0.05, 0.1) is 13.7 Å². The molecule has 0 aliphatic heterocycles. The summed E-state index contributed by atoms with van der Waals surface area (Å²) in [6.45, 7) is 2.40. The summed E-state index contributed by atoms with van der Waals surface area (Å²) in [5.74, 6) is 0.794. The van der Waals surface area contributed by atoms with Crippen LogP contribution in [0.3, 0.4) is 0 Å². The molecule has 7 heteroatoms. The summed E-state index contributed by atoms with van der Waals surface area (Å²) < 4.78 is 16.1. The van der Waals surface area contributed by atoms with Crippen LogP contribution in [0.2, 0.25) is 0 Å². The number of hydrogen-bond acceptors (Lipinski definition) is 6. The van der Waals surface area contributed by atoms with E-state index in [4.69, 9.17) is 13.9 Å². The van der Waals surface area contributed by atoms with Crippen LogP contribution in [0.4, 0.5) is 5.69 Å². The lowest BCUT2D eigenvalue weighted by molar-refractivity contribution is 0.102. The molecule has 0 atom stereocenters. The van der Waals surface area contributed by atoms with E-state index < -0.39 is 5.91 Å². The second kappa shape index (κ2) is 7.60. The summed E-state index contributed by atoms with van der Waals surface area (Å²) in [4.78, 5) is 12.6. The summed E-state index contributed by atoms with van der Waals surface area (Å²) in [5.41, 5.74) is 0.931. The first-order valence-corrected chi connectivity index (χ1v) is 7.99. The number of nitrogens with one attached hydrogen (secondary N) is 1. The minimum Gasteiger partial charge on any atom is -0.497 e. The fourth-order valence-corrected chi connectivity index (χ4v) is 2.50. The van der Waals surface area contributed by atoms with Crippen molar-refractivity contribution in [3.63, 3.8) is 0 Å². The predicted molar refractivity (Wildman–Crippen MR) is 95.7 cm³/mol. The first-order valence-electron chi connectivity index (χ1n) is 7.99. The Labute approximate surface area is 149 Å². The Kier molecular flexibility index (Phi) is 5.07. The highest BCUT2D eigenvalue weighted by atomic mass is 16.5. The molecule has 3 aromatic rings. The van der Waals surface area contributed by atoms with E-state index in [0.717, 1.165) is 0 Å². The van der Waals surface area contributed by atoms with Crippen LogP contribution < -0.4 is 20.3 Å². The Morgan fingerprint density at radius 2 is 2.04 bits per heavy atom. The molecule has 26 heavy (non-hydrogen) atoms. The summed E-state index contributed by atoms with van der Waals surface area (Å²) in [5, 5.41) is 15.7. The van der Waals surface area contributed by atoms with Crippen LogP contribution in [-0.4, -0.2) is 24.8 Å². The second-order valence-electron chi connectivity index (χ2n) is 5.38. The number of amides is 1. The number of rotatable bonds is 5. The SMILES string of the molecule is CCOc1cccc(NC(=O)c2cc3cc(OC)ccc3oc2=NO)c1. The highest BCUT2D eigenvalue weighted by Gasteiger charge is 2.14. The van der Waals surface area contributed by atoms with Crippen LogP contribution in [0, 0.1) is 0 Å². The van der Waals surface area contributed by atoms with Gasteiger partial charge in [-0.3, -0.25) is 4.79 Å². The van der Waals surface area contributed by atoms with Crippen molar-refractivity contribution in [2.75, 3.05) is 19.0 Å². The molecule has 0 bridgehead atoms. The Bertz CT molecular complexity index is 1010. The molecule has 0 unspecified atom stereocenters. The van der Waals surface area contributed by atoms with Crippen molar-refractivity contribution in [2.24, 2.45) is 5.16 Å². The molecule has 2 N–H and O–H groups in total. The average Bonchev–Trinajstić information content (AvgIpc) is 2.67. The number of ether oxygens (including phenoxy) is 2. The van der Waals surface area contributed by atoms with E-state index in [1.165, 1.54) is 0 Å². The van der Waals surface area contributed by atoms with E-state index in [1.807, 2.05) is 6.92 Å². The van der Waals surface area contributed by atoms with Gasteiger partial charge in [-0.25, -0.2) is 0 Å². The highest BCUT2D eigenvalue weighted by Crippen LogP contribution is 2.21. The van der Waals surface area contributed by atoms with Crippen molar-refractivity contribution in [1.82, 2.24) is 0 Å². The van der Waals surface area contributed by atoms with Crippen LogP contribution in [0.25, 0.3) is 11.0 Å². The Hall–Kier alpha value is -3.48. The van der Waals surface area contributed by atoms with Gasteiger partial charge in [0.15, 0.2) is 0 Å². The zero-order valence-electron chi connectivity index (χ0n) is 14.4. The maximum Gasteiger partial charge on any atom is 0.268 e. The summed E-state index contributed by atoms with van der Waals surface area (Å²) in [7, 11) is 1.55. The van der Waals surface area contributed by atoms with Gasteiger partial charge < -0.3 is 24.4 Å². The third kappa shape index (κ3) is 3.61. The van der Waals surface area contributed by atoms with Gasteiger partial charge in [0.2, 0.25) is 0 Å². The number of carbonyl (C=O) groups excluding carboxylic acids is 1. The van der Waals surface area contributed by atoms with Crippen LogP contribution in [0.1, 0.15) is 17.3 Å². The molecule has 2 aromatic carbocycles. The zero-order chi connectivity index (χ0) is 18.5. The molecule has 1 heterocycles. The predicted octanol–water partition coefficient (Wildman–Crippen LogP) is 3.38. The van der Waals surface area contributed by atoms with E-state index in [2.05, 4.69) is 10.5 Å². The molecule has 0 radical (unpaired) electrons. The lowest BCUT2D eigenvalue weighted by atomic mass is 10.1. The van der Waals surface area contributed by atoms with Crippen molar-refractivity contribution in [1.29, 1.82) is 0 Å². The molecule has 3 rings (SSSR count). The summed E-state index contributed by atoms with van der Waals surface area (Å²) >= 11 is 0. The Balaban J connectivity index is 1.97. The Morgan fingerprint density at radius 1 is 1.19 bits per heavy atom. The van der Waals surface area contributed by atoms with Crippen molar-refractivity contribution in [3.8, 4) is 11.5 Å². The van der Waals surface area contributed by atoms with Gasteiger partial charge in [-0.15, -0.1) is 0 Å². The maximum absolute atomic E-state index is 12.6. The summed E-state index contributed by atoms with van der Waals surface area (Å²) in [6.07, 6.45) is 0. The third-order valence-corrected chi connectivity index (χ3v) is 3.69. The third-order valence-electron chi connectivity index (χ3n) is 3.69. The Morgan fingerprint density at radius 3 is 2.77 bits per heavy atom. The molecule has 1 amide bonds. The van der Waals surface area contributed by atoms with Crippen LogP contribution in [0.5, 0.6) is 11.5 Å². The first-order chi connectivity index (χ1) is 12.6. The lowest BCUT2D eigenvalue weighted by Gasteiger charge is -2.09. The molecule has 0 aliphatic carbocycles. The standard InChI is InChI=1S/C19H18N2O5/c1-3-25-15-6-4-5-13(11-15)20-18(22)16-10-12-9-14(24-2)7-8-17(12)26-19(16)21-23/h4-11,23H,3H2,1-2H3,(H,20,22). The second-order valence-corrected chi connectivity index (χ2v) is 5.38. The molecular weight excluding hydrogens is 336 g/mol. The van der Waals surface area contributed by atoms with E-state index in [-0.39, 0.29) is 11.1 Å². The molecule has 0 saturated carbocycles. The average molecular weight is 354 g/mol. The number of fused-ring (bicyclic) bond motifs is 1. The number of hydrogen-bond donors (Lipinski definition) is 2. The van der Waals surface area contributed by atoms with Gasteiger partial charge in [-0.1, -0.05) is 6.07 Å². The topological polar surface area (TPSA) is 93.3 Å². The molecule has 0 saturated heterocycles. The maximum atomic E-state index is 12.6. The van der Waals surface area contributed by atoms with Gasteiger partial charge in [-0.2, -0.15) is 0 Å². The van der Waals surface area contributed by atoms with Gasteiger partial charge in [0.25, 0.3) is 11.5 Å². The highest BCUT2D eigenvalue weighted by molar-refractivity contribution is 6.05. The minimum absolute atomic E-state index is 0.0927. The molecule has 7 nitrogen and oxygen atoms in total. The van der Waals surface area contributed by atoms with Gasteiger partial charge in [0.1, 0.15) is 22.6 Å². The van der Waals surface area contributed by atoms with Gasteiger partial charge in [0, 0.05) is 17.1 Å². The molecule has 134 valence electrons. The van der Waals surface area contributed by atoms with Crippen molar-refractivity contribution in [3.05, 3.63) is 59.6 Å². The normalized spacial score (nSPS) is 11.4. The molecule has 0 spiro atoms. The molecular formula is C19H18N2O5. The molecule has 0 aliphatic rings. The van der Waals surface area contributed by atoms with Crippen LogP contribution in [0.15, 0.2) is 58.1 Å². The van der Waals surface area contributed by atoms with E-state index in [9.17, 15) is 10.0 Å². The number of nitrogens with zero attached hydrogens (tertiary/aromatic N) is 1. The smallest absolute Gasteiger partial charge is 0.268 e.